The second kappa shape index (κ2) is 12.9. The Labute approximate surface area is 228 Å². The number of thiophene rings is 1. The molecule has 8 nitrogen and oxygen atoms in total. The fraction of sp³-hybridized carbons (Fsp3) is 0.280. The van der Waals surface area contributed by atoms with Gasteiger partial charge >= 0.3 is 12.0 Å². The number of aromatic nitrogens is 2. The van der Waals surface area contributed by atoms with E-state index in [0.717, 1.165) is 10.4 Å². The summed E-state index contributed by atoms with van der Waals surface area (Å²) < 4.78 is 21.4. The van der Waals surface area contributed by atoms with Gasteiger partial charge in [-0.05, 0) is 56.0 Å². The molecule has 3 N–H and O–H groups in total. The van der Waals surface area contributed by atoms with Crippen molar-refractivity contribution in [3.63, 3.8) is 0 Å². The molecule has 0 radical (unpaired) electrons. The first kappa shape index (κ1) is 28.5. The zero-order valence-electron chi connectivity index (χ0n) is 20.5. The van der Waals surface area contributed by atoms with Gasteiger partial charge in [0.05, 0.1) is 17.0 Å². The number of benzene rings is 1. The van der Waals surface area contributed by atoms with Gasteiger partial charge in [0.15, 0.2) is 10.9 Å². The normalized spacial score (nSPS) is 11.6. The maximum atomic E-state index is 15.8. The number of nitrogens with one attached hydrogen (secondary N) is 3. The van der Waals surface area contributed by atoms with Crippen LogP contribution in [0.3, 0.4) is 0 Å². The number of urea groups is 1. The van der Waals surface area contributed by atoms with Gasteiger partial charge in [-0.15, -0.1) is 23.7 Å². The van der Waals surface area contributed by atoms with Crippen LogP contribution in [0, 0.1) is 5.82 Å². The van der Waals surface area contributed by atoms with E-state index in [1.54, 1.807) is 26.1 Å². The minimum Gasteiger partial charge on any atom is -0.465 e. The molecule has 0 aliphatic heterocycles. The SMILES string of the molecule is CCNC(=O)Nc1nc2c(F)c(-c3csc(CNC(C)C(=O)OCC)c3)cc(-c3ccccn3)c2s1.Cl. The van der Waals surface area contributed by atoms with E-state index in [0.29, 0.717) is 46.3 Å². The van der Waals surface area contributed by atoms with Crippen LogP contribution in [0.2, 0.25) is 0 Å². The van der Waals surface area contributed by atoms with E-state index in [2.05, 4.69) is 25.9 Å². The molecule has 0 saturated carbocycles. The highest BCUT2D eigenvalue weighted by atomic mass is 35.5. The molecule has 1 atom stereocenters. The number of hydrogen-bond donors (Lipinski definition) is 3. The van der Waals surface area contributed by atoms with Gasteiger partial charge in [0.2, 0.25) is 0 Å². The Hall–Kier alpha value is -3.12. The monoisotopic (exact) mass is 563 g/mol. The summed E-state index contributed by atoms with van der Waals surface area (Å²) >= 11 is 2.67. The molecule has 0 aliphatic carbocycles. The van der Waals surface area contributed by atoms with Crippen LogP contribution in [0.1, 0.15) is 25.6 Å². The van der Waals surface area contributed by atoms with Gasteiger partial charge in [0.1, 0.15) is 11.6 Å². The van der Waals surface area contributed by atoms with E-state index in [9.17, 15) is 9.59 Å². The van der Waals surface area contributed by atoms with Crippen molar-refractivity contribution >= 4 is 62.4 Å². The van der Waals surface area contributed by atoms with Crippen molar-refractivity contribution in [1.82, 2.24) is 20.6 Å². The number of esters is 1. The smallest absolute Gasteiger partial charge is 0.322 e. The maximum Gasteiger partial charge on any atom is 0.322 e. The van der Waals surface area contributed by atoms with Crippen LogP contribution in [0.5, 0.6) is 0 Å². The zero-order valence-corrected chi connectivity index (χ0v) is 22.9. The Morgan fingerprint density at radius 1 is 1.19 bits per heavy atom. The number of carbonyl (C=O) groups excluding carboxylic acids is 2. The molecular weight excluding hydrogens is 537 g/mol. The van der Waals surface area contributed by atoms with Crippen LogP contribution in [-0.4, -0.2) is 41.2 Å². The molecule has 0 fully saturated rings. The Kier molecular flexibility index (Phi) is 9.93. The summed E-state index contributed by atoms with van der Waals surface area (Å²) in [7, 11) is 0. The van der Waals surface area contributed by atoms with Gasteiger partial charge in [0, 0.05) is 35.3 Å². The van der Waals surface area contributed by atoms with Crippen molar-refractivity contribution in [2.24, 2.45) is 0 Å². The molecule has 3 aromatic heterocycles. The van der Waals surface area contributed by atoms with Gasteiger partial charge in [-0.2, -0.15) is 0 Å². The lowest BCUT2D eigenvalue weighted by Crippen LogP contribution is -2.34. The first-order valence-corrected chi connectivity index (χ1v) is 13.2. The van der Waals surface area contributed by atoms with Crippen molar-refractivity contribution in [1.29, 1.82) is 0 Å². The fourth-order valence-corrected chi connectivity index (χ4v) is 5.36. The maximum absolute atomic E-state index is 15.8. The largest absolute Gasteiger partial charge is 0.465 e. The molecule has 12 heteroatoms. The van der Waals surface area contributed by atoms with Crippen molar-refractivity contribution < 1.29 is 18.7 Å². The first-order valence-electron chi connectivity index (χ1n) is 11.5. The number of fused-ring (bicyclic) bond motifs is 1. The number of amides is 2. The van der Waals surface area contributed by atoms with Crippen LogP contribution in [0.15, 0.2) is 41.9 Å². The lowest BCUT2D eigenvalue weighted by Gasteiger charge is -2.11. The summed E-state index contributed by atoms with van der Waals surface area (Å²) in [6, 6.07) is 8.35. The van der Waals surface area contributed by atoms with E-state index in [1.165, 1.54) is 22.7 Å². The highest BCUT2D eigenvalue weighted by Gasteiger charge is 2.21. The lowest BCUT2D eigenvalue weighted by molar-refractivity contribution is -0.145. The topological polar surface area (TPSA) is 105 Å². The zero-order chi connectivity index (χ0) is 25.7. The standard InChI is InChI=1S/C25H26FN5O3S2.ClH/c1-4-27-24(33)31-25-30-21-20(26)17(11-18(22(21)36-25)19-8-6-7-9-28-19)15-10-16(35-13-15)12-29-14(3)23(32)34-5-2;/h6-11,13-14,29H,4-5,12H2,1-3H3,(H2,27,30,31,33);1H. The average Bonchev–Trinajstić information content (AvgIpc) is 3.51. The summed E-state index contributed by atoms with van der Waals surface area (Å²) in [4.78, 5) is 33.7. The molecule has 4 rings (SSSR count). The summed E-state index contributed by atoms with van der Waals surface area (Å²) in [6.45, 7) is 6.55. The summed E-state index contributed by atoms with van der Waals surface area (Å²) in [6.07, 6.45) is 1.68. The van der Waals surface area contributed by atoms with Crippen molar-refractivity contribution in [2.45, 2.75) is 33.4 Å². The average molecular weight is 564 g/mol. The minimum absolute atomic E-state index is 0. The molecule has 4 aromatic rings. The Morgan fingerprint density at radius 3 is 2.70 bits per heavy atom. The van der Waals surface area contributed by atoms with Crippen LogP contribution in [0.25, 0.3) is 32.6 Å². The third-order valence-electron chi connectivity index (χ3n) is 5.29. The molecule has 196 valence electrons. The molecule has 0 bridgehead atoms. The van der Waals surface area contributed by atoms with Gasteiger partial charge < -0.3 is 10.1 Å². The minimum atomic E-state index is -0.470. The van der Waals surface area contributed by atoms with E-state index in [4.69, 9.17) is 4.74 Å². The van der Waals surface area contributed by atoms with Gasteiger partial charge in [-0.25, -0.2) is 14.2 Å². The molecule has 1 aromatic carbocycles. The number of ether oxygens (including phenoxy) is 1. The number of carbonyl (C=O) groups is 2. The van der Waals surface area contributed by atoms with Gasteiger partial charge in [-0.3, -0.25) is 20.4 Å². The predicted molar refractivity (Wildman–Crippen MR) is 149 cm³/mol. The van der Waals surface area contributed by atoms with Crippen molar-refractivity contribution in [2.75, 3.05) is 18.5 Å². The third-order valence-corrected chi connectivity index (χ3v) is 7.23. The Bertz CT molecular complexity index is 1380. The molecule has 3 heterocycles. The first-order chi connectivity index (χ1) is 17.4. The number of hydrogen-bond acceptors (Lipinski definition) is 8. The molecule has 1 unspecified atom stereocenters. The summed E-state index contributed by atoms with van der Waals surface area (Å²) in [5.74, 6) is -0.784. The number of halogens is 2. The van der Waals surface area contributed by atoms with Crippen LogP contribution in [-0.2, 0) is 16.1 Å². The number of pyridine rings is 1. The van der Waals surface area contributed by atoms with Gasteiger partial charge in [0.25, 0.3) is 0 Å². The Balaban J connectivity index is 0.00000380. The number of thiazole rings is 1. The van der Waals surface area contributed by atoms with E-state index in [-0.39, 0.29) is 23.9 Å². The van der Waals surface area contributed by atoms with Crippen LogP contribution < -0.4 is 16.0 Å². The van der Waals surface area contributed by atoms with E-state index >= 15 is 4.39 Å². The number of nitrogens with zero attached hydrogens (tertiary/aromatic N) is 2. The van der Waals surface area contributed by atoms with E-state index < -0.39 is 17.9 Å². The highest BCUT2D eigenvalue weighted by Crippen LogP contribution is 2.41. The molecular formula is C25H27ClFN5O3S2. The molecule has 0 saturated heterocycles. The lowest BCUT2D eigenvalue weighted by atomic mass is 10.0. The molecule has 0 spiro atoms. The Morgan fingerprint density at radius 2 is 2.00 bits per heavy atom. The number of rotatable bonds is 9. The second-order valence-electron chi connectivity index (χ2n) is 7.84. The van der Waals surface area contributed by atoms with Crippen molar-refractivity contribution in [3.05, 3.63) is 52.6 Å². The third kappa shape index (κ3) is 6.61. The summed E-state index contributed by atoms with van der Waals surface area (Å²) in [5.41, 5.74) is 2.66. The number of anilines is 1. The highest BCUT2D eigenvalue weighted by molar-refractivity contribution is 7.22. The predicted octanol–water partition coefficient (Wildman–Crippen LogP) is 5.83. The van der Waals surface area contributed by atoms with Crippen LogP contribution >= 0.6 is 35.1 Å². The molecule has 37 heavy (non-hydrogen) atoms. The second-order valence-corrected chi connectivity index (χ2v) is 9.83. The quantitative estimate of drug-likeness (QED) is 0.221. The van der Waals surface area contributed by atoms with Crippen molar-refractivity contribution in [3.8, 4) is 22.4 Å². The summed E-state index contributed by atoms with van der Waals surface area (Å²) in [5, 5.41) is 10.6. The molecule has 2 amide bonds. The molecule has 0 aliphatic rings. The fourth-order valence-electron chi connectivity index (χ4n) is 3.55. The van der Waals surface area contributed by atoms with Crippen LogP contribution in [0.4, 0.5) is 14.3 Å². The van der Waals surface area contributed by atoms with Gasteiger partial charge in [-0.1, -0.05) is 17.4 Å². The van der Waals surface area contributed by atoms with E-state index in [1.807, 2.05) is 36.6 Å².